The van der Waals surface area contributed by atoms with Gasteiger partial charge in [0.25, 0.3) is 11.6 Å². The van der Waals surface area contributed by atoms with E-state index < -0.39 is 4.92 Å². The number of nitro groups is 1. The van der Waals surface area contributed by atoms with Crippen LogP contribution in [0.3, 0.4) is 0 Å². The number of rotatable bonds is 4. The molecule has 1 N–H and O–H groups in total. The van der Waals surface area contributed by atoms with Crippen molar-refractivity contribution < 1.29 is 9.72 Å². The molecule has 1 aliphatic rings. The number of amides is 1. The fraction of sp³-hybridized carbons (Fsp3) is 0.240. The van der Waals surface area contributed by atoms with Crippen molar-refractivity contribution in [1.82, 2.24) is 0 Å². The van der Waals surface area contributed by atoms with Gasteiger partial charge in [-0.15, -0.1) is 0 Å². The first-order valence-corrected chi connectivity index (χ1v) is 10.4. The molecule has 0 fully saturated rings. The minimum atomic E-state index is -0.459. The number of hydrogen-bond acceptors (Lipinski definition) is 4. The summed E-state index contributed by atoms with van der Waals surface area (Å²) in [5.41, 5.74) is 5.69. The molecule has 0 aliphatic carbocycles. The van der Waals surface area contributed by atoms with Crippen LogP contribution in [-0.4, -0.2) is 16.9 Å². The monoisotopic (exact) mass is 415 g/mol. The minimum Gasteiger partial charge on any atom is -0.378 e. The smallest absolute Gasteiger partial charge is 0.269 e. The molecule has 31 heavy (non-hydrogen) atoms. The molecule has 0 spiro atoms. The van der Waals surface area contributed by atoms with E-state index in [9.17, 15) is 14.9 Å². The van der Waals surface area contributed by atoms with Crippen molar-refractivity contribution in [3.8, 4) is 0 Å². The summed E-state index contributed by atoms with van der Waals surface area (Å²) in [6.07, 6.45) is 0.753. The fourth-order valence-electron chi connectivity index (χ4n) is 4.31. The second-order valence-corrected chi connectivity index (χ2v) is 8.09. The molecule has 3 aromatic carbocycles. The average molecular weight is 415 g/mol. The fourth-order valence-corrected chi connectivity index (χ4v) is 4.31. The number of para-hydroxylation sites is 2. The van der Waals surface area contributed by atoms with E-state index >= 15 is 0 Å². The Bertz CT molecular complexity index is 1140. The van der Waals surface area contributed by atoms with Crippen molar-refractivity contribution in [2.45, 2.75) is 39.3 Å². The lowest BCUT2D eigenvalue weighted by Gasteiger charge is -2.41. The van der Waals surface area contributed by atoms with Crippen molar-refractivity contribution in [3.63, 3.8) is 0 Å². The van der Waals surface area contributed by atoms with Crippen LogP contribution in [0.4, 0.5) is 17.1 Å². The molecule has 6 nitrogen and oxygen atoms in total. The predicted octanol–water partition coefficient (Wildman–Crippen LogP) is 5.80. The van der Waals surface area contributed by atoms with Gasteiger partial charge < -0.3 is 10.2 Å². The average Bonchev–Trinajstić information content (AvgIpc) is 2.75. The lowest BCUT2D eigenvalue weighted by molar-refractivity contribution is -0.384. The van der Waals surface area contributed by atoms with E-state index in [4.69, 9.17) is 0 Å². The Morgan fingerprint density at radius 3 is 2.35 bits per heavy atom. The highest BCUT2D eigenvalue weighted by molar-refractivity contribution is 6.07. The topological polar surface area (TPSA) is 75.5 Å². The number of non-ortho nitro benzene ring substituents is 1. The summed E-state index contributed by atoms with van der Waals surface area (Å²) in [5, 5.41) is 14.6. The molecule has 1 aliphatic heterocycles. The molecular weight excluding hydrogens is 390 g/mol. The van der Waals surface area contributed by atoms with E-state index in [2.05, 4.69) is 30.4 Å². The molecule has 2 unspecified atom stereocenters. The normalized spacial score (nSPS) is 17.7. The molecule has 158 valence electrons. The number of carbonyl (C=O) groups excluding carboxylic acids is 1. The van der Waals surface area contributed by atoms with E-state index in [1.165, 1.54) is 29.8 Å². The molecule has 4 rings (SSSR count). The third-order valence-electron chi connectivity index (χ3n) is 5.92. The summed E-state index contributed by atoms with van der Waals surface area (Å²) in [6, 6.07) is 20.1. The number of nitrogens with zero attached hydrogens (tertiary/aromatic N) is 2. The van der Waals surface area contributed by atoms with Crippen LogP contribution in [0.5, 0.6) is 0 Å². The minimum absolute atomic E-state index is 0.0256. The van der Waals surface area contributed by atoms with Gasteiger partial charge in [-0.3, -0.25) is 14.9 Å². The number of benzene rings is 3. The van der Waals surface area contributed by atoms with Gasteiger partial charge in [0.15, 0.2) is 0 Å². The predicted molar refractivity (Wildman–Crippen MR) is 123 cm³/mol. The van der Waals surface area contributed by atoms with Crippen LogP contribution in [0, 0.1) is 24.0 Å². The van der Waals surface area contributed by atoms with E-state index in [0.29, 0.717) is 5.56 Å². The van der Waals surface area contributed by atoms with E-state index in [0.717, 1.165) is 28.9 Å². The van der Waals surface area contributed by atoms with Crippen molar-refractivity contribution in [2.75, 3.05) is 10.2 Å². The maximum Gasteiger partial charge on any atom is 0.269 e. The Morgan fingerprint density at radius 1 is 1.00 bits per heavy atom. The Hall–Kier alpha value is -3.67. The lowest BCUT2D eigenvalue weighted by atomic mass is 9.88. The van der Waals surface area contributed by atoms with Crippen molar-refractivity contribution in [2.24, 2.45) is 0 Å². The Morgan fingerprint density at radius 2 is 1.68 bits per heavy atom. The van der Waals surface area contributed by atoms with Gasteiger partial charge in [0.2, 0.25) is 0 Å². The summed E-state index contributed by atoms with van der Waals surface area (Å²) < 4.78 is 0. The highest BCUT2D eigenvalue weighted by Gasteiger charge is 2.35. The summed E-state index contributed by atoms with van der Waals surface area (Å²) in [4.78, 5) is 25.8. The highest BCUT2D eigenvalue weighted by atomic mass is 16.6. The SMILES string of the molecule is Cc1ccccc1NC1CC(C)N(C(=O)c2ccc([N+](=O)[O-])cc2)c2c(C)cccc21. The maximum absolute atomic E-state index is 13.5. The molecule has 3 aromatic rings. The van der Waals surface area contributed by atoms with Crippen molar-refractivity contribution >= 4 is 23.0 Å². The number of nitrogens with one attached hydrogen (secondary N) is 1. The third-order valence-corrected chi connectivity index (χ3v) is 5.92. The van der Waals surface area contributed by atoms with Gasteiger partial charge in [0, 0.05) is 29.4 Å². The highest BCUT2D eigenvalue weighted by Crippen LogP contribution is 2.42. The van der Waals surface area contributed by atoms with Crippen molar-refractivity contribution in [1.29, 1.82) is 0 Å². The quantitative estimate of drug-likeness (QED) is 0.431. The lowest BCUT2D eigenvalue weighted by Crippen LogP contribution is -2.44. The van der Waals surface area contributed by atoms with Crippen LogP contribution in [0.1, 0.15) is 46.4 Å². The number of aryl methyl sites for hydroxylation is 2. The number of nitro benzene ring substituents is 1. The number of anilines is 2. The molecule has 1 heterocycles. The number of carbonyl (C=O) groups is 1. The zero-order valence-corrected chi connectivity index (χ0v) is 17.8. The molecule has 0 saturated carbocycles. The van der Waals surface area contributed by atoms with Gasteiger partial charge in [0.05, 0.1) is 16.7 Å². The summed E-state index contributed by atoms with van der Waals surface area (Å²) >= 11 is 0. The third kappa shape index (κ3) is 3.89. The molecule has 2 atom stereocenters. The molecule has 0 radical (unpaired) electrons. The zero-order valence-electron chi connectivity index (χ0n) is 17.8. The molecule has 0 aromatic heterocycles. The molecule has 0 saturated heterocycles. The van der Waals surface area contributed by atoms with Crippen LogP contribution < -0.4 is 10.2 Å². The van der Waals surface area contributed by atoms with E-state index in [1.807, 2.05) is 43.0 Å². The van der Waals surface area contributed by atoms with Gasteiger partial charge >= 0.3 is 0 Å². The Labute approximate surface area is 181 Å². The first-order valence-electron chi connectivity index (χ1n) is 10.4. The summed E-state index contributed by atoms with van der Waals surface area (Å²) in [5.74, 6) is -0.146. The van der Waals surface area contributed by atoms with Gasteiger partial charge in [-0.2, -0.15) is 0 Å². The maximum atomic E-state index is 13.5. The van der Waals surface area contributed by atoms with Crippen LogP contribution in [0.15, 0.2) is 66.7 Å². The van der Waals surface area contributed by atoms with Crippen LogP contribution in [0.25, 0.3) is 0 Å². The second-order valence-electron chi connectivity index (χ2n) is 8.09. The molecule has 0 bridgehead atoms. The Balaban J connectivity index is 1.72. The largest absolute Gasteiger partial charge is 0.378 e. The summed E-state index contributed by atoms with van der Waals surface area (Å²) in [7, 11) is 0. The zero-order chi connectivity index (χ0) is 22.1. The van der Waals surface area contributed by atoms with Gasteiger partial charge in [-0.05, 0) is 62.1 Å². The standard InChI is InChI=1S/C25H25N3O3/c1-16-7-4-5-10-22(16)26-23-15-18(3)27(24-17(2)8-6-9-21(23)24)25(29)19-11-13-20(14-12-19)28(30)31/h4-14,18,23,26H,15H2,1-3H3. The number of fused-ring (bicyclic) bond motifs is 1. The number of hydrogen-bond donors (Lipinski definition) is 1. The van der Waals surface area contributed by atoms with Gasteiger partial charge in [0.1, 0.15) is 0 Å². The Kier molecular flexibility index (Phi) is 5.46. The van der Waals surface area contributed by atoms with E-state index in [1.54, 1.807) is 0 Å². The van der Waals surface area contributed by atoms with Crippen LogP contribution in [0.2, 0.25) is 0 Å². The van der Waals surface area contributed by atoms with Gasteiger partial charge in [-0.1, -0.05) is 36.4 Å². The van der Waals surface area contributed by atoms with Crippen LogP contribution >= 0.6 is 0 Å². The second kappa shape index (κ2) is 8.22. The van der Waals surface area contributed by atoms with Crippen molar-refractivity contribution in [3.05, 3.63) is 99.1 Å². The first kappa shape index (κ1) is 20.6. The van der Waals surface area contributed by atoms with Crippen LogP contribution in [-0.2, 0) is 0 Å². The first-order chi connectivity index (χ1) is 14.9. The molecular formula is C25H25N3O3. The summed E-state index contributed by atoms with van der Waals surface area (Å²) in [6.45, 7) is 6.14. The van der Waals surface area contributed by atoms with E-state index in [-0.39, 0.29) is 23.7 Å². The molecule has 6 heteroatoms. The molecule has 1 amide bonds. The van der Waals surface area contributed by atoms with Gasteiger partial charge in [-0.25, -0.2) is 0 Å².